The lowest BCUT2D eigenvalue weighted by atomic mass is 15.8. The summed E-state index contributed by atoms with van der Waals surface area (Å²) < 4.78 is 13.6. The molecule has 0 spiro atoms. The average Bonchev–Trinajstić information content (AvgIpc) is 1.70. The molecule has 0 saturated heterocycles. The van der Waals surface area contributed by atoms with Gasteiger partial charge in [-0.2, -0.15) is 0 Å². The van der Waals surface area contributed by atoms with Gasteiger partial charge in [0, 0.05) is 0 Å². The molecule has 0 aliphatic carbocycles. The molecule has 0 aromatic heterocycles. The SMILES string of the molecule is [SiH3]O[SiH3].[SiH3]O[SiH3].[SiH3]O[SiH3]. The molecule has 0 unspecified atom stereocenters. The Hall–Kier alpha value is 1.18. The van der Waals surface area contributed by atoms with Crippen molar-refractivity contribution in [2.75, 3.05) is 0 Å². The Kier molecular flexibility index (Phi) is 65.0. The standard InChI is InChI=1S/3H6OSi2/c3*2-1-3/h3*2-3H3. The monoisotopic (exact) mass is 234 g/mol. The summed E-state index contributed by atoms with van der Waals surface area (Å²) in [6.45, 7) is 0. The van der Waals surface area contributed by atoms with Crippen LogP contribution in [0, 0.1) is 0 Å². The normalized spacial score (nSPS) is 8.00. The van der Waals surface area contributed by atoms with Gasteiger partial charge in [-0.1, -0.05) is 0 Å². The molecule has 0 radical (unpaired) electrons. The van der Waals surface area contributed by atoms with Gasteiger partial charge in [0.05, 0.1) is 0 Å². The van der Waals surface area contributed by atoms with Crippen LogP contribution in [-0.2, 0) is 12.3 Å². The second-order valence-electron chi connectivity index (χ2n) is 1.22. The van der Waals surface area contributed by atoms with E-state index in [2.05, 4.69) is 12.3 Å². The van der Waals surface area contributed by atoms with Crippen LogP contribution in [-0.4, -0.2) is 62.9 Å². The molecule has 0 fully saturated rings. The van der Waals surface area contributed by atoms with E-state index in [1.165, 1.54) is 0 Å². The van der Waals surface area contributed by atoms with E-state index in [-0.39, 0.29) is 0 Å². The minimum atomic E-state index is 0.931. The predicted molar refractivity (Wildman–Crippen MR) is 62.9 cm³/mol. The summed E-state index contributed by atoms with van der Waals surface area (Å²) in [6, 6.07) is 0. The molecular weight excluding hydrogens is 217 g/mol. The summed E-state index contributed by atoms with van der Waals surface area (Å²) >= 11 is 0. The molecule has 0 aromatic carbocycles. The maximum absolute atomic E-state index is 4.53. The zero-order valence-electron chi connectivity index (χ0n) is 7.22. The maximum Gasteiger partial charge on any atom is 0.129 e. The van der Waals surface area contributed by atoms with Gasteiger partial charge in [-0.3, -0.25) is 0 Å². The topological polar surface area (TPSA) is 27.7 Å². The third-order valence-corrected chi connectivity index (χ3v) is 0. The second kappa shape index (κ2) is 35.2. The first-order valence-corrected chi connectivity index (χ1v) is 7.35. The van der Waals surface area contributed by atoms with Gasteiger partial charge < -0.3 is 12.3 Å². The quantitative estimate of drug-likeness (QED) is 0.390. The Labute approximate surface area is 75.5 Å². The molecule has 0 saturated carbocycles. The van der Waals surface area contributed by atoms with E-state index in [4.69, 9.17) is 0 Å². The Morgan fingerprint density at radius 3 is 0.444 bits per heavy atom. The van der Waals surface area contributed by atoms with Crippen LogP contribution in [0.15, 0.2) is 0 Å². The largest absolute Gasteiger partial charge is 0.471 e. The van der Waals surface area contributed by atoms with E-state index in [0.29, 0.717) is 0 Å². The van der Waals surface area contributed by atoms with E-state index in [1.807, 2.05) is 0 Å². The molecule has 0 aliphatic heterocycles. The lowest BCUT2D eigenvalue weighted by Gasteiger charge is -1.62. The molecule has 9 heavy (non-hydrogen) atoms. The van der Waals surface area contributed by atoms with Gasteiger partial charge in [-0.05, 0) is 0 Å². The first kappa shape index (κ1) is 16.6. The fourth-order valence-corrected chi connectivity index (χ4v) is 0. The molecular formula is H18O3Si6. The van der Waals surface area contributed by atoms with Crippen LogP contribution in [0.25, 0.3) is 0 Å². The highest BCUT2D eigenvalue weighted by atomic mass is 28.3. The van der Waals surface area contributed by atoms with E-state index < -0.39 is 0 Å². The van der Waals surface area contributed by atoms with E-state index in [1.54, 1.807) is 0 Å². The van der Waals surface area contributed by atoms with Crippen molar-refractivity contribution in [3.63, 3.8) is 0 Å². The third kappa shape index (κ3) is 339. The zero-order chi connectivity index (χ0) is 8.12. The van der Waals surface area contributed by atoms with Gasteiger partial charge in [-0.25, -0.2) is 0 Å². The zero-order valence-corrected chi connectivity index (χ0v) is 19.2. The molecule has 0 bridgehead atoms. The summed E-state index contributed by atoms with van der Waals surface area (Å²) in [4.78, 5) is 0. The van der Waals surface area contributed by atoms with Crippen molar-refractivity contribution in [2.45, 2.75) is 0 Å². The van der Waals surface area contributed by atoms with Crippen LogP contribution in [0.3, 0.4) is 0 Å². The van der Waals surface area contributed by atoms with Crippen molar-refractivity contribution < 1.29 is 12.3 Å². The summed E-state index contributed by atoms with van der Waals surface area (Å²) in [5.74, 6) is 0. The van der Waals surface area contributed by atoms with Crippen molar-refractivity contribution >= 4 is 62.9 Å². The fraction of sp³-hybridized carbons (Fsp3) is 0. The van der Waals surface area contributed by atoms with Crippen molar-refractivity contribution in [3.8, 4) is 0 Å². The minimum Gasteiger partial charge on any atom is -0.471 e. The highest BCUT2D eigenvalue weighted by molar-refractivity contribution is 6.16. The van der Waals surface area contributed by atoms with Crippen LogP contribution >= 0.6 is 0 Å². The molecule has 0 rings (SSSR count). The summed E-state index contributed by atoms with van der Waals surface area (Å²) in [7, 11) is 5.58. The molecule has 60 valence electrons. The fourth-order valence-electron chi connectivity index (χ4n) is 0. The highest BCUT2D eigenvalue weighted by Gasteiger charge is 1.28. The average molecular weight is 235 g/mol. The summed E-state index contributed by atoms with van der Waals surface area (Å²) in [5.41, 5.74) is 0. The third-order valence-electron chi connectivity index (χ3n) is 0. The Morgan fingerprint density at radius 1 is 0.444 bits per heavy atom. The van der Waals surface area contributed by atoms with E-state index in [0.717, 1.165) is 62.9 Å². The van der Waals surface area contributed by atoms with Crippen LogP contribution in [0.4, 0.5) is 0 Å². The van der Waals surface area contributed by atoms with Crippen molar-refractivity contribution in [2.24, 2.45) is 0 Å². The molecule has 0 aromatic rings. The van der Waals surface area contributed by atoms with Crippen molar-refractivity contribution in [1.82, 2.24) is 0 Å². The van der Waals surface area contributed by atoms with Crippen molar-refractivity contribution in [1.29, 1.82) is 0 Å². The molecule has 0 atom stereocenters. The number of rotatable bonds is 0. The summed E-state index contributed by atoms with van der Waals surface area (Å²) in [6.07, 6.45) is 0. The lowest BCUT2D eigenvalue weighted by molar-refractivity contribution is 0.690. The second-order valence-corrected chi connectivity index (χ2v) is 11.0. The van der Waals surface area contributed by atoms with Gasteiger partial charge in [0.1, 0.15) is 62.9 Å². The van der Waals surface area contributed by atoms with Gasteiger partial charge in [0.2, 0.25) is 0 Å². The smallest absolute Gasteiger partial charge is 0.129 e. The van der Waals surface area contributed by atoms with Crippen LogP contribution in [0.5, 0.6) is 0 Å². The molecule has 3 nitrogen and oxygen atoms in total. The molecule has 0 amide bonds. The van der Waals surface area contributed by atoms with Gasteiger partial charge in [0.15, 0.2) is 0 Å². The highest BCUT2D eigenvalue weighted by Crippen LogP contribution is 1.20. The van der Waals surface area contributed by atoms with E-state index >= 15 is 0 Å². The minimum absolute atomic E-state index is 0.931. The Balaban J connectivity index is -0.0000000600. The Morgan fingerprint density at radius 2 is 0.444 bits per heavy atom. The molecule has 9 heteroatoms. The summed E-state index contributed by atoms with van der Waals surface area (Å²) in [5, 5.41) is 0. The van der Waals surface area contributed by atoms with Gasteiger partial charge >= 0.3 is 0 Å². The number of hydrogen-bond acceptors (Lipinski definition) is 3. The van der Waals surface area contributed by atoms with Gasteiger partial charge in [0.25, 0.3) is 0 Å². The molecule has 0 N–H and O–H groups in total. The van der Waals surface area contributed by atoms with Crippen LogP contribution in [0.1, 0.15) is 0 Å². The first-order valence-electron chi connectivity index (χ1n) is 2.45. The van der Waals surface area contributed by atoms with E-state index in [9.17, 15) is 0 Å². The maximum atomic E-state index is 4.53. The molecule has 0 aliphatic rings. The Bertz CT molecular complexity index is 13.0. The predicted octanol–water partition coefficient (Wildman–Crippen LogP) is -7.31. The first-order chi connectivity index (χ1) is 4.24. The van der Waals surface area contributed by atoms with Crippen LogP contribution in [0.2, 0.25) is 0 Å². The van der Waals surface area contributed by atoms with Crippen molar-refractivity contribution in [3.05, 3.63) is 0 Å². The van der Waals surface area contributed by atoms with Gasteiger partial charge in [-0.15, -0.1) is 0 Å². The molecule has 0 heterocycles. The lowest BCUT2D eigenvalue weighted by Crippen LogP contribution is -1.65. The van der Waals surface area contributed by atoms with Crippen LogP contribution < -0.4 is 0 Å². The number of hydrogen-bond donors (Lipinski definition) is 0.